The van der Waals surface area contributed by atoms with Crippen molar-refractivity contribution in [2.75, 3.05) is 12.4 Å². The molecule has 0 saturated heterocycles. The molecular weight excluding hydrogens is 461 g/mol. The number of hydrogen-bond acceptors (Lipinski definition) is 3. The summed E-state index contributed by atoms with van der Waals surface area (Å²) >= 11 is 5.62. The summed E-state index contributed by atoms with van der Waals surface area (Å²) in [6.07, 6.45) is 3.18. The van der Waals surface area contributed by atoms with Crippen molar-refractivity contribution in [1.82, 2.24) is 0 Å². The maximum atomic E-state index is 12.4. The molecule has 2 rings (SSSR count). The van der Waals surface area contributed by atoms with Gasteiger partial charge in [0.05, 0.1) is 17.3 Å². The van der Waals surface area contributed by atoms with Crippen molar-refractivity contribution in [2.24, 2.45) is 11.8 Å². The zero-order valence-corrected chi connectivity index (χ0v) is 16.4. The molecular formula is C16H19BrINO3. The number of halogens is 2. The SMILES string of the molecule is COc1cc(NC(=O)C2CCC(C(C)=O)CC2)c(I)cc1Br. The van der Waals surface area contributed by atoms with Gasteiger partial charge >= 0.3 is 0 Å². The lowest BCUT2D eigenvalue weighted by molar-refractivity contribution is -0.125. The van der Waals surface area contributed by atoms with Crippen molar-refractivity contribution in [2.45, 2.75) is 32.6 Å². The second kappa shape index (κ2) is 7.77. The molecule has 0 aromatic heterocycles. The Morgan fingerprint density at radius 1 is 1.23 bits per heavy atom. The lowest BCUT2D eigenvalue weighted by Crippen LogP contribution is -2.29. The maximum Gasteiger partial charge on any atom is 0.227 e. The average Bonchev–Trinajstić information content (AvgIpc) is 2.50. The molecule has 6 heteroatoms. The van der Waals surface area contributed by atoms with Gasteiger partial charge in [0.1, 0.15) is 11.5 Å². The monoisotopic (exact) mass is 479 g/mol. The van der Waals surface area contributed by atoms with Gasteiger partial charge in [-0.1, -0.05) is 0 Å². The standard InChI is InChI=1S/C16H19BrINO3/c1-9(20)10-3-5-11(6-4-10)16(21)19-14-8-15(22-2)12(17)7-13(14)18/h7-8,10-11H,3-6H2,1-2H3,(H,19,21). The van der Waals surface area contributed by atoms with E-state index in [9.17, 15) is 9.59 Å². The second-order valence-electron chi connectivity index (χ2n) is 5.62. The van der Waals surface area contributed by atoms with E-state index < -0.39 is 0 Å². The van der Waals surface area contributed by atoms with Crippen LogP contribution in [-0.2, 0) is 9.59 Å². The van der Waals surface area contributed by atoms with E-state index in [1.807, 2.05) is 12.1 Å². The zero-order chi connectivity index (χ0) is 16.3. The fourth-order valence-corrected chi connectivity index (χ4v) is 4.31. The lowest BCUT2D eigenvalue weighted by atomic mass is 9.80. The molecule has 22 heavy (non-hydrogen) atoms. The van der Waals surface area contributed by atoms with Crippen LogP contribution in [0, 0.1) is 15.4 Å². The number of carbonyl (C=O) groups is 2. The Hall–Kier alpha value is -0.630. The fraction of sp³-hybridized carbons (Fsp3) is 0.500. The van der Waals surface area contributed by atoms with Gasteiger partial charge in [-0.25, -0.2) is 0 Å². The van der Waals surface area contributed by atoms with E-state index in [0.29, 0.717) is 5.75 Å². The molecule has 0 spiro atoms. The van der Waals surface area contributed by atoms with Gasteiger partial charge in [-0.15, -0.1) is 0 Å². The molecule has 0 bridgehead atoms. The summed E-state index contributed by atoms with van der Waals surface area (Å²) in [5.74, 6) is 1.09. The van der Waals surface area contributed by atoms with E-state index in [-0.39, 0.29) is 23.5 Å². The maximum absolute atomic E-state index is 12.4. The molecule has 1 amide bonds. The molecule has 4 nitrogen and oxygen atoms in total. The third-order valence-electron chi connectivity index (χ3n) is 4.17. The number of Topliss-reactive ketones (excluding diaryl/α,β-unsaturated/α-hetero) is 1. The number of hydrogen-bond donors (Lipinski definition) is 1. The number of methoxy groups -OCH3 is 1. The largest absolute Gasteiger partial charge is 0.495 e. The first kappa shape index (κ1) is 17.7. The smallest absolute Gasteiger partial charge is 0.227 e. The number of ketones is 1. The Kier molecular flexibility index (Phi) is 6.26. The number of benzene rings is 1. The van der Waals surface area contributed by atoms with Crippen molar-refractivity contribution in [3.05, 3.63) is 20.2 Å². The molecule has 0 unspecified atom stereocenters. The molecule has 1 fully saturated rings. The molecule has 1 N–H and O–H groups in total. The minimum Gasteiger partial charge on any atom is -0.495 e. The summed E-state index contributed by atoms with van der Waals surface area (Å²) in [5.41, 5.74) is 0.763. The molecule has 1 aromatic carbocycles. The first-order chi connectivity index (χ1) is 10.4. The van der Waals surface area contributed by atoms with Gasteiger partial charge in [0.25, 0.3) is 0 Å². The second-order valence-corrected chi connectivity index (χ2v) is 7.63. The summed E-state index contributed by atoms with van der Waals surface area (Å²) in [7, 11) is 1.60. The number of anilines is 1. The van der Waals surface area contributed by atoms with Crippen LogP contribution in [0.4, 0.5) is 5.69 Å². The Labute approximate surface area is 152 Å². The fourth-order valence-electron chi connectivity index (χ4n) is 2.78. The molecule has 120 valence electrons. The molecule has 1 aromatic rings. The van der Waals surface area contributed by atoms with Crippen molar-refractivity contribution in [3.63, 3.8) is 0 Å². The van der Waals surface area contributed by atoms with E-state index >= 15 is 0 Å². The van der Waals surface area contributed by atoms with Crippen LogP contribution >= 0.6 is 38.5 Å². The van der Waals surface area contributed by atoms with Crippen LogP contribution in [0.1, 0.15) is 32.6 Å². The van der Waals surface area contributed by atoms with Gasteiger partial charge in [-0.3, -0.25) is 9.59 Å². The zero-order valence-electron chi connectivity index (χ0n) is 12.6. The van der Waals surface area contributed by atoms with Crippen molar-refractivity contribution >= 4 is 55.9 Å². The summed E-state index contributed by atoms with van der Waals surface area (Å²) in [4.78, 5) is 23.8. The molecule has 1 saturated carbocycles. The third-order valence-corrected chi connectivity index (χ3v) is 5.68. The Morgan fingerprint density at radius 3 is 2.36 bits per heavy atom. The van der Waals surface area contributed by atoms with Gasteiger partial charge in [-0.05, 0) is 77.2 Å². The van der Waals surface area contributed by atoms with Crippen LogP contribution in [0.15, 0.2) is 16.6 Å². The lowest BCUT2D eigenvalue weighted by Gasteiger charge is -2.26. The summed E-state index contributed by atoms with van der Waals surface area (Å²) in [6.45, 7) is 1.64. The first-order valence-corrected chi connectivity index (χ1v) is 9.14. The Morgan fingerprint density at radius 2 is 1.82 bits per heavy atom. The van der Waals surface area contributed by atoms with E-state index in [4.69, 9.17) is 4.74 Å². The quantitative estimate of drug-likeness (QED) is 0.651. The highest BCUT2D eigenvalue weighted by Gasteiger charge is 2.28. The minimum atomic E-state index is -0.0129. The molecule has 0 radical (unpaired) electrons. The Bertz CT molecular complexity index is 583. The van der Waals surface area contributed by atoms with Gasteiger partial charge in [-0.2, -0.15) is 0 Å². The highest BCUT2D eigenvalue weighted by molar-refractivity contribution is 14.1. The number of ether oxygens (including phenoxy) is 1. The van der Waals surface area contributed by atoms with Crippen molar-refractivity contribution in [3.8, 4) is 5.75 Å². The Balaban J connectivity index is 2.02. The summed E-state index contributed by atoms with van der Waals surface area (Å²) in [6, 6.07) is 3.74. The molecule has 0 aliphatic heterocycles. The summed E-state index contributed by atoms with van der Waals surface area (Å²) in [5, 5.41) is 2.99. The van der Waals surface area contributed by atoms with Crippen LogP contribution in [-0.4, -0.2) is 18.8 Å². The molecule has 1 aliphatic rings. The van der Waals surface area contributed by atoms with Gasteiger partial charge < -0.3 is 10.1 Å². The van der Waals surface area contributed by atoms with E-state index in [1.165, 1.54) is 0 Å². The number of rotatable bonds is 4. The van der Waals surface area contributed by atoms with Gasteiger partial charge in [0, 0.05) is 21.5 Å². The highest BCUT2D eigenvalue weighted by atomic mass is 127. The van der Waals surface area contributed by atoms with Crippen molar-refractivity contribution < 1.29 is 14.3 Å². The third kappa shape index (κ3) is 4.22. The van der Waals surface area contributed by atoms with Gasteiger partial charge in [0.2, 0.25) is 5.91 Å². The molecule has 1 aliphatic carbocycles. The first-order valence-electron chi connectivity index (χ1n) is 7.26. The van der Waals surface area contributed by atoms with Crippen molar-refractivity contribution in [1.29, 1.82) is 0 Å². The van der Waals surface area contributed by atoms with Gasteiger partial charge in [0.15, 0.2) is 0 Å². The number of amides is 1. The van der Waals surface area contributed by atoms with E-state index in [0.717, 1.165) is 39.4 Å². The average molecular weight is 480 g/mol. The predicted octanol–water partition coefficient (Wildman–Crippen LogP) is 4.40. The van der Waals surface area contributed by atoms with E-state index in [2.05, 4.69) is 43.8 Å². The van der Waals surface area contributed by atoms with Crippen LogP contribution in [0.3, 0.4) is 0 Å². The predicted molar refractivity (Wildman–Crippen MR) is 98.2 cm³/mol. The van der Waals surface area contributed by atoms with Crippen LogP contribution < -0.4 is 10.1 Å². The highest BCUT2D eigenvalue weighted by Crippen LogP contribution is 2.34. The van der Waals surface area contributed by atoms with Crippen LogP contribution in [0.5, 0.6) is 5.75 Å². The number of nitrogens with one attached hydrogen (secondary N) is 1. The molecule has 0 heterocycles. The number of carbonyl (C=O) groups excluding carboxylic acids is 2. The molecule has 0 atom stereocenters. The van der Waals surface area contributed by atoms with Crippen LogP contribution in [0.25, 0.3) is 0 Å². The summed E-state index contributed by atoms with van der Waals surface area (Å²) < 4.78 is 7.08. The van der Waals surface area contributed by atoms with Crippen LogP contribution in [0.2, 0.25) is 0 Å². The topological polar surface area (TPSA) is 55.4 Å². The minimum absolute atomic E-state index is 0.0129. The normalized spacial score (nSPS) is 21.3. The van der Waals surface area contributed by atoms with E-state index in [1.54, 1.807) is 14.0 Å².